The van der Waals surface area contributed by atoms with Crippen molar-refractivity contribution in [3.8, 4) is 17.2 Å². The van der Waals surface area contributed by atoms with E-state index in [1.165, 1.54) is 35.1 Å². The molecule has 0 saturated carbocycles. The van der Waals surface area contributed by atoms with Gasteiger partial charge in [0, 0.05) is 23.3 Å². The van der Waals surface area contributed by atoms with E-state index in [4.69, 9.17) is 14.5 Å². The minimum atomic E-state index is -0.550. The van der Waals surface area contributed by atoms with Gasteiger partial charge in [-0.15, -0.1) is 0 Å². The lowest BCUT2D eigenvalue weighted by Crippen LogP contribution is -2.38. The first kappa shape index (κ1) is 26.0. The molecular formula is C29H22BrN3O6S. The fourth-order valence-electron chi connectivity index (χ4n) is 5.31. The van der Waals surface area contributed by atoms with Crippen molar-refractivity contribution < 1.29 is 19.5 Å². The fourth-order valence-corrected chi connectivity index (χ4v) is 6.76. The van der Waals surface area contributed by atoms with Gasteiger partial charge in [0.05, 0.1) is 39.9 Å². The molecule has 0 bridgehead atoms. The number of halogens is 1. The lowest BCUT2D eigenvalue weighted by atomic mass is 9.83. The summed E-state index contributed by atoms with van der Waals surface area (Å²) in [5.74, 6) is 0.929. The number of ether oxygens (including phenoxy) is 2. The van der Waals surface area contributed by atoms with E-state index in [-0.39, 0.29) is 27.0 Å². The average molecular weight is 620 g/mol. The summed E-state index contributed by atoms with van der Waals surface area (Å²) >= 11 is 4.35. The van der Waals surface area contributed by atoms with Gasteiger partial charge in [-0.25, -0.2) is 4.99 Å². The number of hydrogen-bond acceptors (Lipinski definition) is 8. The van der Waals surface area contributed by atoms with E-state index in [0.29, 0.717) is 27.3 Å². The molecule has 11 heteroatoms. The van der Waals surface area contributed by atoms with Gasteiger partial charge in [-0.2, -0.15) is 0 Å². The molecule has 3 aromatic carbocycles. The maximum Gasteiger partial charge on any atom is 0.271 e. The monoisotopic (exact) mass is 619 g/mol. The van der Waals surface area contributed by atoms with Crippen molar-refractivity contribution in [2.45, 2.75) is 18.9 Å². The molecule has 0 amide bonds. The molecule has 1 aliphatic carbocycles. The van der Waals surface area contributed by atoms with Crippen LogP contribution in [0.25, 0.3) is 11.8 Å². The van der Waals surface area contributed by atoms with Crippen LogP contribution in [0.4, 0.5) is 5.69 Å². The van der Waals surface area contributed by atoms with E-state index in [9.17, 15) is 20.0 Å². The van der Waals surface area contributed by atoms with Gasteiger partial charge in [-0.05, 0) is 63.7 Å². The zero-order valence-electron chi connectivity index (χ0n) is 21.4. The van der Waals surface area contributed by atoms with Crippen LogP contribution in [0.5, 0.6) is 17.2 Å². The lowest BCUT2D eigenvalue weighted by Gasteiger charge is -2.31. The van der Waals surface area contributed by atoms with Crippen LogP contribution < -0.4 is 24.4 Å². The van der Waals surface area contributed by atoms with Gasteiger partial charge in [-0.3, -0.25) is 19.5 Å². The highest BCUT2D eigenvalue weighted by Gasteiger charge is 2.33. The molecule has 2 aliphatic rings. The standard InChI is InChI=1S/C29H22BrN3O6S/c1-38-22-10-8-16(12-23(22)39-2)26-20-9-7-15-5-3-4-6-19(15)25(20)31-29-32(26)28(35)24(40-29)13-17-11-18(33(36)37)14-21(30)27(17)34/h3-6,8,10-14,26,34H,7,9H2,1-2H3/b24-13-/t26-/m1/s1. The normalized spacial score (nSPS) is 16.1. The molecule has 202 valence electrons. The van der Waals surface area contributed by atoms with Gasteiger partial charge >= 0.3 is 0 Å². The maximum atomic E-state index is 14.0. The number of aromatic hydroxyl groups is 1. The molecule has 0 unspecified atom stereocenters. The van der Waals surface area contributed by atoms with Crippen LogP contribution in [0.2, 0.25) is 0 Å². The highest BCUT2D eigenvalue weighted by Crippen LogP contribution is 2.43. The Morgan fingerprint density at radius 2 is 1.90 bits per heavy atom. The molecule has 1 aliphatic heterocycles. The average Bonchev–Trinajstić information content (AvgIpc) is 3.27. The van der Waals surface area contributed by atoms with E-state index in [1.54, 1.807) is 18.8 Å². The molecule has 0 radical (unpaired) electrons. The van der Waals surface area contributed by atoms with Crippen LogP contribution in [0.1, 0.15) is 34.7 Å². The zero-order chi connectivity index (χ0) is 28.1. The Morgan fingerprint density at radius 1 is 1.12 bits per heavy atom. The van der Waals surface area contributed by atoms with E-state index >= 15 is 0 Å². The number of rotatable bonds is 5. The third-order valence-electron chi connectivity index (χ3n) is 7.17. The summed E-state index contributed by atoms with van der Waals surface area (Å²) in [6, 6.07) is 15.8. The van der Waals surface area contributed by atoms with Crippen molar-refractivity contribution in [3.63, 3.8) is 0 Å². The predicted molar refractivity (Wildman–Crippen MR) is 155 cm³/mol. The second kappa shape index (κ2) is 10.1. The largest absolute Gasteiger partial charge is 0.506 e. The van der Waals surface area contributed by atoms with Crippen molar-refractivity contribution >= 4 is 44.7 Å². The summed E-state index contributed by atoms with van der Waals surface area (Å²) in [6.45, 7) is 0. The fraction of sp³-hybridized carbons (Fsp3) is 0.172. The Balaban J connectivity index is 1.63. The number of hydrogen-bond donors (Lipinski definition) is 1. The molecule has 6 rings (SSSR count). The number of nitro benzene ring substituents is 1. The molecule has 1 N–H and O–H groups in total. The van der Waals surface area contributed by atoms with Crippen LogP contribution in [0.15, 0.2) is 74.4 Å². The molecule has 9 nitrogen and oxygen atoms in total. The number of phenols is 1. The predicted octanol–water partition coefficient (Wildman–Crippen LogP) is 4.71. The summed E-state index contributed by atoms with van der Waals surface area (Å²) in [6.07, 6.45) is 3.00. The number of non-ortho nitro benzene ring substituents is 1. The number of fused-ring (bicyclic) bond motifs is 3. The van der Waals surface area contributed by atoms with Crippen molar-refractivity contribution in [2.75, 3.05) is 14.2 Å². The number of nitro groups is 1. The Labute approximate surface area is 240 Å². The maximum absolute atomic E-state index is 14.0. The van der Waals surface area contributed by atoms with Gasteiger partial charge in [0.2, 0.25) is 0 Å². The first-order valence-corrected chi connectivity index (χ1v) is 13.9. The number of aryl methyl sites for hydroxylation is 1. The Bertz CT molecular complexity index is 1930. The van der Waals surface area contributed by atoms with E-state index in [2.05, 4.69) is 22.0 Å². The summed E-state index contributed by atoms with van der Waals surface area (Å²) in [5.41, 5.74) is 4.57. The lowest BCUT2D eigenvalue weighted by molar-refractivity contribution is -0.385. The molecule has 1 atom stereocenters. The molecule has 4 aromatic rings. The number of benzene rings is 3. The van der Waals surface area contributed by atoms with Crippen molar-refractivity contribution in [2.24, 2.45) is 4.99 Å². The van der Waals surface area contributed by atoms with Crippen LogP contribution in [0, 0.1) is 10.1 Å². The second-order valence-corrected chi connectivity index (χ2v) is 11.2. The third kappa shape index (κ3) is 4.22. The summed E-state index contributed by atoms with van der Waals surface area (Å²) in [7, 11) is 3.14. The summed E-state index contributed by atoms with van der Waals surface area (Å²) in [4.78, 5) is 30.3. The van der Waals surface area contributed by atoms with E-state index in [0.717, 1.165) is 28.8 Å². The Morgan fingerprint density at radius 3 is 2.65 bits per heavy atom. The van der Waals surface area contributed by atoms with Gasteiger partial charge in [-0.1, -0.05) is 41.7 Å². The van der Waals surface area contributed by atoms with Crippen LogP contribution >= 0.6 is 27.3 Å². The minimum absolute atomic E-state index is 0.156. The van der Waals surface area contributed by atoms with Crippen LogP contribution in [-0.4, -0.2) is 28.8 Å². The van der Waals surface area contributed by atoms with Crippen molar-refractivity contribution in [1.29, 1.82) is 0 Å². The van der Waals surface area contributed by atoms with Gasteiger partial charge in [0.1, 0.15) is 5.75 Å². The van der Waals surface area contributed by atoms with E-state index in [1.807, 2.05) is 36.4 Å². The Hall–Kier alpha value is -4.22. The number of allylic oxidation sites excluding steroid dienone is 1. The summed E-state index contributed by atoms with van der Waals surface area (Å²) < 4.78 is 13.1. The third-order valence-corrected chi connectivity index (χ3v) is 8.76. The number of methoxy groups -OCH3 is 2. The molecule has 2 heterocycles. The molecule has 0 spiro atoms. The molecule has 40 heavy (non-hydrogen) atoms. The highest BCUT2D eigenvalue weighted by atomic mass is 79.9. The first-order chi connectivity index (χ1) is 19.3. The number of aromatic nitrogens is 1. The van der Waals surface area contributed by atoms with Gasteiger partial charge < -0.3 is 14.6 Å². The zero-order valence-corrected chi connectivity index (χ0v) is 23.8. The second-order valence-electron chi connectivity index (χ2n) is 9.35. The Kier molecular flexibility index (Phi) is 6.55. The molecule has 0 saturated heterocycles. The SMILES string of the molecule is COc1ccc([C@@H]2C3=C(N=c4s/c(=C\c5cc([N+](=O)[O-])cc(Br)c5O)c(=O)n42)c2ccccc2CC3)cc1OC. The smallest absolute Gasteiger partial charge is 0.271 e. The number of nitrogens with zero attached hydrogens (tertiary/aromatic N) is 3. The van der Waals surface area contributed by atoms with Crippen molar-refractivity contribution in [1.82, 2.24) is 4.57 Å². The topological polar surface area (TPSA) is 116 Å². The highest BCUT2D eigenvalue weighted by molar-refractivity contribution is 9.10. The molecular weight excluding hydrogens is 598 g/mol. The summed E-state index contributed by atoms with van der Waals surface area (Å²) in [5, 5.41) is 22.0. The first-order valence-electron chi connectivity index (χ1n) is 12.3. The molecule has 1 aromatic heterocycles. The quantitative estimate of drug-likeness (QED) is 0.255. The number of phenolic OH excluding ortho intramolecular Hbond substituents is 1. The minimum Gasteiger partial charge on any atom is -0.506 e. The van der Waals surface area contributed by atoms with Gasteiger partial charge in [0.15, 0.2) is 16.3 Å². The van der Waals surface area contributed by atoms with Crippen molar-refractivity contribution in [3.05, 3.63) is 117 Å². The molecule has 0 fully saturated rings. The van der Waals surface area contributed by atoms with Gasteiger partial charge in [0.25, 0.3) is 11.2 Å². The van der Waals surface area contributed by atoms with Crippen LogP contribution in [0.3, 0.4) is 0 Å². The van der Waals surface area contributed by atoms with Crippen LogP contribution in [-0.2, 0) is 6.42 Å². The van der Waals surface area contributed by atoms with E-state index < -0.39 is 11.0 Å². The number of thiazole rings is 1.